The molecule has 9 atom stereocenters. The van der Waals surface area contributed by atoms with E-state index in [1.807, 2.05) is 0 Å². The molecule has 48 heavy (non-hydrogen) atoms. The minimum atomic E-state index is -1.33. The molecule has 0 bridgehead atoms. The Morgan fingerprint density at radius 1 is 1.00 bits per heavy atom. The largest absolute Gasteiger partial charge is 0.394 e. The number of hydrogen-bond donors (Lipinski definition) is 4. The highest BCUT2D eigenvalue weighted by molar-refractivity contribution is 5.75. The SMILES string of the molecule is C[C@H](CCC(=O)NCCOCc1cc(CO[C@H](CO)C(O)CO)c(F)cc1F)[C@@]1(C)CC[C@H]2[C@@H]3CC=C4CCCC[C@]4(C)[C@H]3CC[C@@]21C. The molecule has 7 nitrogen and oxygen atoms in total. The van der Waals surface area contributed by atoms with Crippen molar-refractivity contribution >= 4 is 5.91 Å². The van der Waals surface area contributed by atoms with Crippen LogP contribution in [-0.2, 0) is 27.5 Å². The predicted octanol–water partition coefficient (Wildman–Crippen LogP) is 6.60. The molecule has 4 aliphatic rings. The van der Waals surface area contributed by atoms with Crippen LogP contribution in [0.15, 0.2) is 23.8 Å². The maximum absolute atomic E-state index is 14.4. The number of fused-ring (bicyclic) bond motifs is 5. The van der Waals surface area contributed by atoms with Gasteiger partial charge in [0.2, 0.25) is 5.91 Å². The van der Waals surface area contributed by atoms with Gasteiger partial charge in [-0.1, -0.05) is 45.8 Å². The number of nitrogens with one attached hydrogen (secondary N) is 1. The van der Waals surface area contributed by atoms with Gasteiger partial charge in [0, 0.05) is 30.2 Å². The summed E-state index contributed by atoms with van der Waals surface area (Å²) >= 11 is 0. The van der Waals surface area contributed by atoms with Gasteiger partial charge in [-0.15, -0.1) is 0 Å². The van der Waals surface area contributed by atoms with Crippen LogP contribution < -0.4 is 5.32 Å². The summed E-state index contributed by atoms with van der Waals surface area (Å²) in [6.45, 7) is 8.84. The van der Waals surface area contributed by atoms with Gasteiger partial charge in [0.15, 0.2) is 0 Å². The van der Waals surface area contributed by atoms with E-state index in [-0.39, 0.29) is 48.8 Å². The summed E-state index contributed by atoms with van der Waals surface area (Å²) in [6, 6.07) is 2.03. The molecule has 0 spiro atoms. The van der Waals surface area contributed by atoms with Crippen molar-refractivity contribution in [3.05, 3.63) is 46.5 Å². The lowest BCUT2D eigenvalue weighted by atomic mass is 9.45. The number of rotatable bonds is 15. The Morgan fingerprint density at radius 3 is 2.46 bits per heavy atom. The number of halogens is 2. The zero-order valence-corrected chi connectivity index (χ0v) is 29.5. The average molecular weight is 676 g/mol. The van der Waals surface area contributed by atoms with Crippen molar-refractivity contribution in [1.29, 1.82) is 0 Å². The molecule has 0 aliphatic heterocycles. The normalized spacial score (nSPS) is 33.2. The summed E-state index contributed by atoms with van der Waals surface area (Å²) in [4.78, 5) is 12.8. The predicted molar refractivity (Wildman–Crippen MR) is 181 cm³/mol. The number of amides is 1. The van der Waals surface area contributed by atoms with Crippen LogP contribution in [0.25, 0.3) is 0 Å². The van der Waals surface area contributed by atoms with E-state index in [1.165, 1.54) is 63.9 Å². The number of benzene rings is 1. The van der Waals surface area contributed by atoms with Crippen LogP contribution in [-0.4, -0.2) is 59.8 Å². The molecule has 1 aromatic rings. The van der Waals surface area contributed by atoms with Crippen LogP contribution in [0.4, 0.5) is 8.78 Å². The maximum atomic E-state index is 14.4. The first kappa shape index (κ1) is 37.3. The van der Waals surface area contributed by atoms with E-state index in [0.717, 1.165) is 30.2 Å². The smallest absolute Gasteiger partial charge is 0.220 e. The lowest BCUT2D eigenvalue weighted by Crippen LogP contribution is -2.52. The summed E-state index contributed by atoms with van der Waals surface area (Å²) in [5.41, 5.74) is 2.85. The highest BCUT2D eigenvalue weighted by atomic mass is 19.1. The van der Waals surface area contributed by atoms with Crippen molar-refractivity contribution in [2.45, 2.75) is 124 Å². The zero-order chi connectivity index (χ0) is 34.7. The van der Waals surface area contributed by atoms with E-state index in [2.05, 4.69) is 39.1 Å². The first-order chi connectivity index (χ1) is 22.9. The van der Waals surface area contributed by atoms with E-state index in [4.69, 9.17) is 14.6 Å². The second kappa shape index (κ2) is 15.5. The van der Waals surface area contributed by atoms with Crippen molar-refractivity contribution in [2.75, 3.05) is 26.4 Å². The fraction of sp³-hybridized carbons (Fsp3) is 0.769. The molecule has 270 valence electrons. The van der Waals surface area contributed by atoms with Crippen LogP contribution in [0.1, 0.15) is 109 Å². The summed E-state index contributed by atoms with van der Waals surface area (Å²) in [5, 5.41) is 31.0. The molecule has 0 aromatic heterocycles. The van der Waals surface area contributed by atoms with Gasteiger partial charge < -0.3 is 30.1 Å². The van der Waals surface area contributed by atoms with E-state index in [9.17, 15) is 23.8 Å². The number of aliphatic hydroxyl groups is 3. The lowest BCUT2D eigenvalue weighted by Gasteiger charge is -2.60. The van der Waals surface area contributed by atoms with E-state index in [1.54, 1.807) is 5.57 Å². The second-order valence-electron chi connectivity index (χ2n) is 16.0. The van der Waals surface area contributed by atoms with Crippen LogP contribution in [0.5, 0.6) is 0 Å². The van der Waals surface area contributed by atoms with Crippen LogP contribution in [0.3, 0.4) is 0 Å². The first-order valence-corrected chi connectivity index (χ1v) is 18.4. The molecule has 0 saturated heterocycles. The van der Waals surface area contributed by atoms with Gasteiger partial charge in [-0.25, -0.2) is 8.78 Å². The number of aliphatic hydroxyl groups excluding tert-OH is 3. The molecule has 3 saturated carbocycles. The number of carbonyl (C=O) groups is 1. The summed E-state index contributed by atoms with van der Waals surface area (Å²) in [7, 11) is 0. The van der Waals surface area contributed by atoms with E-state index < -0.39 is 37.1 Å². The maximum Gasteiger partial charge on any atom is 0.220 e. The number of ether oxygens (including phenoxy) is 2. The van der Waals surface area contributed by atoms with Gasteiger partial charge in [-0.3, -0.25) is 4.79 Å². The van der Waals surface area contributed by atoms with Crippen LogP contribution in [0, 0.1) is 51.6 Å². The molecule has 3 fully saturated rings. The molecule has 5 rings (SSSR count). The van der Waals surface area contributed by atoms with Crippen LogP contribution in [0.2, 0.25) is 0 Å². The Labute approximate surface area is 285 Å². The number of allylic oxidation sites excluding steroid dienone is 2. The molecule has 0 radical (unpaired) electrons. The topological polar surface area (TPSA) is 108 Å². The van der Waals surface area contributed by atoms with Gasteiger partial charge in [0.05, 0.1) is 33.0 Å². The van der Waals surface area contributed by atoms with Crippen molar-refractivity contribution in [3.8, 4) is 0 Å². The van der Waals surface area contributed by atoms with Gasteiger partial charge in [0.25, 0.3) is 0 Å². The summed E-state index contributed by atoms with van der Waals surface area (Å²) in [5.74, 6) is 1.22. The Morgan fingerprint density at radius 2 is 1.73 bits per heavy atom. The van der Waals surface area contributed by atoms with Crippen molar-refractivity contribution in [1.82, 2.24) is 5.32 Å². The fourth-order valence-corrected chi connectivity index (χ4v) is 10.5. The minimum absolute atomic E-state index is 0.0106. The Bertz CT molecular complexity index is 1310. The standard InChI is InChI=1S/C39H59F2NO6/c1-25(38(3)15-13-31-29-10-9-28-7-5-6-14-37(28,2)30(29)12-16-39(31,38)4)8-11-36(46)42-17-18-47-23-26-19-27(33(41)20-32(26)40)24-48-35(22-44)34(45)21-43/h9,19-20,25,29-31,34-35,43-45H,5-8,10-18,21-24H2,1-4H3,(H,42,46)/t25-,29-,30+,31+,34?,35-,37+,38-,39+/m1/s1. The molecular weight excluding hydrogens is 616 g/mol. The van der Waals surface area contributed by atoms with Crippen LogP contribution >= 0.6 is 0 Å². The monoisotopic (exact) mass is 675 g/mol. The molecule has 1 unspecified atom stereocenters. The third-order valence-electron chi connectivity index (χ3n) is 13.9. The van der Waals surface area contributed by atoms with Gasteiger partial charge in [-0.05, 0) is 104 Å². The molecule has 0 heterocycles. The highest BCUT2D eigenvalue weighted by Gasteiger charge is 2.63. The highest BCUT2D eigenvalue weighted by Crippen LogP contribution is 2.71. The third-order valence-corrected chi connectivity index (χ3v) is 13.9. The zero-order valence-electron chi connectivity index (χ0n) is 29.5. The Hall–Kier alpha value is -1.91. The summed E-state index contributed by atoms with van der Waals surface area (Å²) < 4.78 is 39.6. The van der Waals surface area contributed by atoms with Gasteiger partial charge in [-0.2, -0.15) is 0 Å². The average Bonchev–Trinajstić information content (AvgIpc) is 3.35. The van der Waals surface area contributed by atoms with Crippen molar-refractivity contribution < 1.29 is 38.4 Å². The summed E-state index contributed by atoms with van der Waals surface area (Å²) in [6.07, 6.45) is 13.4. The van der Waals surface area contributed by atoms with E-state index in [0.29, 0.717) is 23.2 Å². The van der Waals surface area contributed by atoms with Gasteiger partial charge >= 0.3 is 0 Å². The minimum Gasteiger partial charge on any atom is -0.394 e. The molecule has 9 heteroatoms. The van der Waals surface area contributed by atoms with E-state index >= 15 is 0 Å². The number of hydrogen-bond acceptors (Lipinski definition) is 6. The second-order valence-corrected chi connectivity index (χ2v) is 16.0. The third kappa shape index (κ3) is 7.27. The molecular formula is C39H59F2NO6. The molecule has 4 N–H and O–H groups in total. The quantitative estimate of drug-likeness (QED) is 0.123. The van der Waals surface area contributed by atoms with Crippen molar-refractivity contribution in [3.63, 3.8) is 0 Å². The lowest BCUT2D eigenvalue weighted by molar-refractivity contribution is -0.122. The Kier molecular flexibility index (Phi) is 12.1. The first-order valence-electron chi connectivity index (χ1n) is 18.4. The van der Waals surface area contributed by atoms with Crippen molar-refractivity contribution in [2.24, 2.45) is 39.9 Å². The molecule has 1 aromatic carbocycles. The molecule has 4 aliphatic carbocycles. The fourth-order valence-electron chi connectivity index (χ4n) is 10.5. The Balaban J connectivity index is 1.06. The number of carbonyl (C=O) groups excluding carboxylic acids is 1. The molecule has 1 amide bonds. The van der Waals surface area contributed by atoms with Gasteiger partial charge in [0.1, 0.15) is 23.8 Å².